The van der Waals surface area contributed by atoms with E-state index < -0.39 is 0 Å². The molecule has 0 spiro atoms. The van der Waals surface area contributed by atoms with Crippen molar-refractivity contribution in [1.82, 2.24) is 0 Å². The summed E-state index contributed by atoms with van der Waals surface area (Å²) in [6, 6.07) is 14.5. The molecule has 0 amide bonds. The predicted molar refractivity (Wildman–Crippen MR) is 81.0 cm³/mol. The minimum Gasteiger partial charge on any atom is -0.497 e. The lowest BCUT2D eigenvalue weighted by atomic mass is 10.1. The first-order chi connectivity index (χ1) is 10.2. The second kappa shape index (κ2) is 5.32. The number of hydrogen-bond acceptors (Lipinski definition) is 4. The third kappa shape index (κ3) is 2.36. The predicted octanol–water partition coefficient (Wildman–Crippen LogP) is 3.48. The Balaban J connectivity index is 2.21. The molecule has 1 heterocycles. The van der Waals surface area contributed by atoms with Gasteiger partial charge >= 0.3 is 5.63 Å². The fourth-order valence-corrected chi connectivity index (χ4v) is 2.26. The van der Waals surface area contributed by atoms with E-state index in [1.807, 2.05) is 36.4 Å². The van der Waals surface area contributed by atoms with Crippen LogP contribution in [0.25, 0.3) is 22.1 Å². The molecule has 0 fully saturated rings. The minimum atomic E-state index is -0.378. The fourth-order valence-electron chi connectivity index (χ4n) is 2.26. The molecule has 4 nitrogen and oxygen atoms in total. The highest BCUT2D eigenvalue weighted by Gasteiger charge is 2.10. The standard InChI is InChI=1S/C17H14O4/c1-19-12-8-6-11(7-9-12)16-10-14-13(17(18)21-16)4-3-5-15(14)20-2/h3-10H,1-2H3. The zero-order valence-corrected chi connectivity index (χ0v) is 11.8. The van der Waals surface area contributed by atoms with Crippen molar-refractivity contribution in [3.8, 4) is 22.8 Å². The average molecular weight is 282 g/mol. The van der Waals surface area contributed by atoms with Crippen LogP contribution in [0, 0.1) is 0 Å². The van der Waals surface area contributed by atoms with Gasteiger partial charge in [0.05, 0.1) is 19.6 Å². The van der Waals surface area contributed by atoms with Crippen LogP contribution in [0.4, 0.5) is 0 Å². The van der Waals surface area contributed by atoms with Crippen LogP contribution in [-0.2, 0) is 0 Å². The lowest BCUT2D eigenvalue weighted by Gasteiger charge is -2.07. The lowest BCUT2D eigenvalue weighted by Crippen LogP contribution is -2.01. The van der Waals surface area contributed by atoms with E-state index in [4.69, 9.17) is 13.9 Å². The fraction of sp³-hybridized carbons (Fsp3) is 0.118. The third-order valence-electron chi connectivity index (χ3n) is 3.36. The number of hydrogen-bond donors (Lipinski definition) is 0. The second-order valence-corrected chi connectivity index (χ2v) is 4.55. The molecule has 0 bridgehead atoms. The van der Waals surface area contributed by atoms with E-state index in [1.165, 1.54) is 0 Å². The maximum absolute atomic E-state index is 12.1. The van der Waals surface area contributed by atoms with Crippen molar-refractivity contribution in [2.75, 3.05) is 14.2 Å². The zero-order valence-electron chi connectivity index (χ0n) is 11.8. The van der Waals surface area contributed by atoms with Crippen LogP contribution in [0.2, 0.25) is 0 Å². The quantitative estimate of drug-likeness (QED) is 0.738. The van der Waals surface area contributed by atoms with Gasteiger partial charge < -0.3 is 13.9 Å². The Hall–Kier alpha value is -2.75. The molecule has 0 aliphatic heterocycles. The summed E-state index contributed by atoms with van der Waals surface area (Å²) < 4.78 is 15.8. The minimum absolute atomic E-state index is 0.378. The Morgan fingerprint density at radius 2 is 1.67 bits per heavy atom. The van der Waals surface area contributed by atoms with Crippen LogP contribution in [0.1, 0.15) is 0 Å². The average Bonchev–Trinajstić information content (AvgIpc) is 2.54. The summed E-state index contributed by atoms with van der Waals surface area (Å²) in [5, 5.41) is 1.24. The van der Waals surface area contributed by atoms with E-state index in [0.29, 0.717) is 16.9 Å². The van der Waals surface area contributed by atoms with Crippen molar-refractivity contribution in [2.45, 2.75) is 0 Å². The van der Waals surface area contributed by atoms with Crippen LogP contribution >= 0.6 is 0 Å². The molecule has 3 aromatic rings. The maximum Gasteiger partial charge on any atom is 0.344 e. The first kappa shape index (κ1) is 13.2. The Kier molecular flexibility index (Phi) is 3.36. The third-order valence-corrected chi connectivity index (χ3v) is 3.36. The number of benzene rings is 2. The van der Waals surface area contributed by atoms with Crippen LogP contribution in [0.5, 0.6) is 11.5 Å². The van der Waals surface area contributed by atoms with Gasteiger partial charge in [-0.1, -0.05) is 6.07 Å². The summed E-state index contributed by atoms with van der Waals surface area (Å²) in [4.78, 5) is 12.1. The van der Waals surface area contributed by atoms with Crippen molar-refractivity contribution in [3.05, 3.63) is 59.0 Å². The van der Waals surface area contributed by atoms with Gasteiger partial charge in [-0.05, 0) is 42.5 Å². The van der Waals surface area contributed by atoms with Gasteiger partial charge in [-0.2, -0.15) is 0 Å². The Labute approximate surface area is 121 Å². The van der Waals surface area contributed by atoms with Gasteiger partial charge in [0.1, 0.15) is 17.3 Å². The SMILES string of the molecule is COc1ccc(-c2cc3c(OC)cccc3c(=O)o2)cc1. The normalized spacial score (nSPS) is 10.6. The van der Waals surface area contributed by atoms with Crippen LogP contribution < -0.4 is 15.1 Å². The summed E-state index contributed by atoms with van der Waals surface area (Å²) in [5.74, 6) is 1.90. The van der Waals surface area contributed by atoms with Crippen molar-refractivity contribution in [2.24, 2.45) is 0 Å². The van der Waals surface area contributed by atoms with E-state index in [1.54, 1.807) is 26.4 Å². The highest BCUT2D eigenvalue weighted by Crippen LogP contribution is 2.28. The first-order valence-electron chi connectivity index (χ1n) is 6.48. The number of rotatable bonds is 3. The Morgan fingerprint density at radius 1 is 0.905 bits per heavy atom. The van der Waals surface area contributed by atoms with Crippen molar-refractivity contribution < 1.29 is 13.9 Å². The van der Waals surface area contributed by atoms with Gasteiger partial charge in [0.25, 0.3) is 0 Å². The van der Waals surface area contributed by atoms with Crippen LogP contribution in [0.3, 0.4) is 0 Å². The summed E-state index contributed by atoms with van der Waals surface area (Å²) in [6.45, 7) is 0. The van der Waals surface area contributed by atoms with Gasteiger partial charge in [-0.3, -0.25) is 0 Å². The van der Waals surface area contributed by atoms with E-state index in [-0.39, 0.29) is 5.63 Å². The van der Waals surface area contributed by atoms with Gasteiger partial charge in [0.15, 0.2) is 0 Å². The smallest absolute Gasteiger partial charge is 0.344 e. The molecular formula is C17H14O4. The topological polar surface area (TPSA) is 48.7 Å². The number of methoxy groups -OCH3 is 2. The summed E-state index contributed by atoms with van der Waals surface area (Å²) in [5.41, 5.74) is 0.429. The highest BCUT2D eigenvalue weighted by molar-refractivity contribution is 5.89. The number of ether oxygens (including phenoxy) is 2. The largest absolute Gasteiger partial charge is 0.497 e. The first-order valence-corrected chi connectivity index (χ1v) is 6.48. The van der Waals surface area contributed by atoms with Gasteiger partial charge in [-0.15, -0.1) is 0 Å². The maximum atomic E-state index is 12.1. The van der Waals surface area contributed by atoms with E-state index in [9.17, 15) is 4.79 Å². The number of fused-ring (bicyclic) bond motifs is 1. The molecular weight excluding hydrogens is 268 g/mol. The second-order valence-electron chi connectivity index (χ2n) is 4.55. The molecule has 4 heteroatoms. The van der Waals surface area contributed by atoms with E-state index >= 15 is 0 Å². The molecule has 3 rings (SSSR count). The van der Waals surface area contributed by atoms with Crippen molar-refractivity contribution in [1.29, 1.82) is 0 Å². The Bertz CT molecular complexity index is 832. The summed E-state index contributed by atoms with van der Waals surface area (Å²) in [6.07, 6.45) is 0. The van der Waals surface area contributed by atoms with E-state index in [2.05, 4.69) is 0 Å². The van der Waals surface area contributed by atoms with Crippen molar-refractivity contribution in [3.63, 3.8) is 0 Å². The molecule has 2 aromatic carbocycles. The molecule has 21 heavy (non-hydrogen) atoms. The van der Waals surface area contributed by atoms with Gasteiger partial charge in [-0.25, -0.2) is 4.79 Å². The van der Waals surface area contributed by atoms with E-state index in [0.717, 1.165) is 16.7 Å². The molecule has 106 valence electrons. The monoisotopic (exact) mass is 282 g/mol. The molecule has 0 N–H and O–H groups in total. The van der Waals surface area contributed by atoms with Crippen LogP contribution in [-0.4, -0.2) is 14.2 Å². The zero-order chi connectivity index (χ0) is 14.8. The molecule has 0 saturated carbocycles. The highest BCUT2D eigenvalue weighted by atomic mass is 16.5. The molecule has 0 atom stereocenters. The van der Waals surface area contributed by atoms with Gasteiger partial charge in [0.2, 0.25) is 0 Å². The summed E-state index contributed by atoms with van der Waals surface area (Å²) >= 11 is 0. The lowest BCUT2D eigenvalue weighted by molar-refractivity contribution is 0.415. The molecule has 1 aromatic heterocycles. The molecule has 0 aliphatic carbocycles. The molecule has 0 saturated heterocycles. The van der Waals surface area contributed by atoms with Gasteiger partial charge in [0, 0.05) is 10.9 Å². The Morgan fingerprint density at radius 3 is 2.33 bits per heavy atom. The molecule has 0 radical (unpaired) electrons. The summed E-state index contributed by atoms with van der Waals surface area (Å²) in [7, 11) is 3.19. The molecule has 0 unspecified atom stereocenters. The van der Waals surface area contributed by atoms with Crippen LogP contribution in [0.15, 0.2) is 57.7 Å². The van der Waals surface area contributed by atoms with Crippen molar-refractivity contribution >= 4 is 10.8 Å². The molecule has 0 aliphatic rings.